The largest absolute Gasteiger partial charge is 0.507 e. The quantitative estimate of drug-likeness (QED) is 0.250. The molecule has 0 spiro atoms. The molecule has 32 heavy (non-hydrogen) atoms. The van der Waals surface area contributed by atoms with E-state index < -0.39 is 23.7 Å². The molecule has 7 nitrogen and oxygen atoms in total. The third kappa shape index (κ3) is 5.11. The summed E-state index contributed by atoms with van der Waals surface area (Å²) in [6, 6.07) is 12.6. The van der Waals surface area contributed by atoms with Crippen molar-refractivity contribution in [2.75, 3.05) is 13.7 Å². The van der Waals surface area contributed by atoms with Crippen LogP contribution in [-0.2, 0) is 14.4 Å². The van der Waals surface area contributed by atoms with Crippen LogP contribution in [-0.4, -0.2) is 46.4 Å². The van der Waals surface area contributed by atoms with Crippen LogP contribution in [0, 0.1) is 0 Å². The topological polar surface area (TPSA) is 104 Å². The number of unbranched alkanes of at least 4 members (excludes halogenated alkanes) is 2. The maximum Gasteiger partial charge on any atom is 0.303 e. The maximum absolute atomic E-state index is 12.9. The number of ether oxygens (including phenoxy) is 1. The molecule has 0 aliphatic carbocycles. The van der Waals surface area contributed by atoms with E-state index in [1.165, 1.54) is 4.90 Å². The van der Waals surface area contributed by atoms with Gasteiger partial charge in [-0.15, -0.1) is 0 Å². The normalized spacial score (nSPS) is 17.6. The molecule has 1 amide bonds. The van der Waals surface area contributed by atoms with Gasteiger partial charge in [-0.05, 0) is 54.8 Å². The van der Waals surface area contributed by atoms with Crippen molar-refractivity contribution in [3.05, 3.63) is 70.3 Å². The minimum atomic E-state index is -0.869. The number of carbonyl (C=O) groups is 3. The molecule has 1 aliphatic heterocycles. The minimum absolute atomic E-state index is 0.00743. The fourth-order valence-corrected chi connectivity index (χ4v) is 3.87. The number of carboxylic acid groups (broad SMARTS) is 1. The van der Waals surface area contributed by atoms with Crippen molar-refractivity contribution in [1.82, 2.24) is 4.90 Å². The molecule has 0 aromatic heterocycles. The number of nitrogens with zero attached hydrogens (tertiary/aromatic N) is 1. The molecule has 1 unspecified atom stereocenters. The Morgan fingerprint density at radius 3 is 2.25 bits per heavy atom. The molecular formula is C24H24ClNO6. The monoisotopic (exact) mass is 457 g/mol. The Morgan fingerprint density at radius 2 is 1.66 bits per heavy atom. The van der Waals surface area contributed by atoms with Crippen LogP contribution in [0.5, 0.6) is 5.75 Å². The first kappa shape index (κ1) is 23.3. The molecule has 0 saturated carbocycles. The van der Waals surface area contributed by atoms with E-state index in [0.717, 1.165) is 0 Å². The standard InChI is InChI=1S/C24H24ClNO6/c1-32-18-12-8-15(9-13-18)21-20(22(29)16-6-10-17(25)11-7-16)23(30)24(31)26(21)14-4-2-3-5-19(27)28/h6-13,21,29H,2-5,14H2,1H3,(H,27,28)/b22-20+. The summed E-state index contributed by atoms with van der Waals surface area (Å²) in [7, 11) is 1.54. The number of aliphatic carboxylic acids is 1. The second-order valence-electron chi connectivity index (χ2n) is 7.48. The molecule has 1 heterocycles. The van der Waals surface area contributed by atoms with Crippen LogP contribution < -0.4 is 4.74 Å². The van der Waals surface area contributed by atoms with Gasteiger partial charge >= 0.3 is 5.97 Å². The molecule has 2 N–H and O–H groups in total. The van der Waals surface area contributed by atoms with Gasteiger partial charge in [0.15, 0.2) is 0 Å². The number of aliphatic hydroxyl groups is 1. The fraction of sp³-hybridized carbons (Fsp3) is 0.292. The molecule has 168 valence electrons. The van der Waals surface area contributed by atoms with Gasteiger partial charge in [0.25, 0.3) is 11.7 Å². The Labute approximate surface area is 190 Å². The van der Waals surface area contributed by atoms with E-state index in [-0.39, 0.29) is 24.3 Å². The van der Waals surface area contributed by atoms with E-state index in [1.807, 2.05) is 0 Å². The van der Waals surface area contributed by atoms with E-state index >= 15 is 0 Å². The van der Waals surface area contributed by atoms with Crippen molar-refractivity contribution in [3.63, 3.8) is 0 Å². The van der Waals surface area contributed by atoms with E-state index in [2.05, 4.69) is 0 Å². The lowest BCUT2D eigenvalue weighted by molar-refractivity contribution is -0.140. The Bertz CT molecular complexity index is 1030. The van der Waals surface area contributed by atoms with Gasteiger partial charge in [0, 0.05) is 23.6 Å². The van der Waals surface area contributed by atoms with Gasteiger partial charge in [-0.1, -0.05) is 30.2 Å². The van der Waals surface area contributed by atoms with Crippen LogP contribution in [0.1, 0.15) is 42.9 Å². The molecule has 3 rings (SSSR count). The van der Waals surface area contributed by atoms with Crippen molar-refractivity contribution in [1.29, 1.82) is 0 Å². The Balaban J connectivity index is 1.97. The van der Waals surface area contributed by atoms with Gasteiger partial charge in [0.2, 0.25) is 0 Å². The maximum atomic E-state index is 12.9. The number of Topliss-reactive ketones (excluding diaryl/α,β-unsaturated/α-hetero) is 1. The molecular weight excluding hydrogens is 434 g/mol. The number of ketones is 1. The first-order valence-electron chi connectivity index (χ1n) is 10.2. The second kappa shape index (κ2) is 10.3. The van der Waals surface area contributed by atoms with Crippen molar-refractivity contribution >= 4 is 35.0 Å². The Morgan fingerprint density at radius 1 is 1.00 bits per heavy atom. The van der Waals surface area contributed by atoms with Crippen molar-refractivity contribution in [3.8, 4) is 5.75 Å². The van der Waals surface area contributed by atoms with Crippen LogP contribution in [0.25, 0.3) is 5.76 Å². The van der Waals surface area contributed by atoms with Gasteiger partial charge in [-0.2, -0.15) is 0 Å². The van der Waals surface area contributed by atoms with Gasteiger partial charge in [-0.25, -0.2) is 0 Å². The summed E-state index contributed by atoms with van der Waals surface area (Å²) in [5.74, 6) is -1.97. The van der Waals surface area contributed by atoms with Crippen LogP contribution in [0.3, 0.4) is 0 Å². The number of halogens is 1. The van der Waals surface area contributed by atoms with Crippen molar-refractivity contribution < 1.29 is 29.3 Å². The highest BCUT2D eigenvalue weighted by molar-refractivity contribution is 6.46. The molecule has 2 aromatic carbocycles. The summed E-state index contributed by atoms with van der Waals surface area (Å²) in [4.78, 5) is 38.0. The van der Waals surface area contributed by atoms with E-state index in [4.69, 9.17) is 21.4 Å². The van der Waals surface area contributed by atoms with Crippen molar-refractivity contribution in [2.24, 2.45) is 0 Å². The van der Waals surface area contributed by atoms with E-state index in [0.29, 0.717) is 41.2 Å². The molecule has 1 atom stereocenters. The number of likely N-dealkylation sites (tertiary alicyclic amines) is 1. The number of benzene rings is 2. The van der Waals surface area contributed by atoms with Crippen LogP contribution >= 0.6 is 11.6 Å². The van der Waals surface area contributed by atoms with Gasteiger partial charge in [0.1, 0.15) is 11.5 Å². The summed E-state index contributed by atoms with van der Waals surface area (Å²) >= 11 is 5.93. The van der Waals surface area contributed by atoms with Crippen LogP contribution in [0.2, 0.25) is 5.02 Å². The molecule has 0 radical (unpaired) electrons. The summed E-state index contributed by atoms with van der Waals surface area (Å²) in [6.07, 6.45) is 1.67. The lowest BCUT2D eigenvalue weighted by Crippen LogP contribution is -2.30. The number of carbonyl (C=O) groups excluding carboxylic acids is 2. The highest BCUT2D eigenvalue weighted by Crippen LogP contribution is 2.40. The lowest BCUT2D eigenvalue weighted by atomic mass is 9.95. The number of hydrogen-bond acceptors (Lipinski definition) is 5. The number of rotatable bonds is 9. The number of aliphatic hydroxyl groups excluding tert-OH is 1. The zero-order valence-electron chi connectivity index (χ0n) is 17.6. The molecule has 0 bridgehead atoms. The van der Waals surface area contributed by atoms with E-state index in [1.54, 1.807) is 55.6 Å². The minimum Gasteiger partial charge on any atom is -0.507 e. The van der Waals surface area contributed by atoms with Gasteiger partial charge in [-0.3, -0.25) is 14.4 Å². The second-order valence-corrected chi connectivity index (χ2v) is 7.91. The lowest BCUT2D eigenvalue weighted by Gasteiger charge is -2.25. The first-order chi connectivity index (χ1) is 15.3. The zero-order chi connectivity index (χ0) is 23.3. The van der Waals surface area contributed by atoms with E-state index in [9.17, 15) is 19.5 Å². The third-order valence-electron chi connectivity index (χ3n) is 5.38. The van der Waals surface area contributed by atoms with Gasteiger partial charge < -0.3 is 19.8 Å². The predicted octanol–water partition coefficient (Wildman–Crippen LogP) is 4.42. The molecule has 2 aromatic rings. The summed E-state index contributed by atoms with van der Waals surface area (Å²) < 4.78 is 5.20. The van der Waals surface area contributed by atoms with Crippen LogP contribution in [0.4, 0.5) is 0 Å². The summed E-state index contributed by atoms with van der Waals surface area (Å²) in [5, 5.41) is 20.2. The molecule has 8 heteroatoms. The Hall–Kier alpha value is -3.32. The smallest absolute Gasteiger partial charge is 0.303 e. The third-order valence-corrected chi connectivity index (χ3v) is 5.63. The molecule has 1 aliphatic rings. The summed E-state index contributed by atoms with van der Waals surface area (Å²) in [6.45, 7) is 0.262. The first-order valence-corrected chi connectivity index (χ1v) is 10.6. The van der Waals surface area contributed by atoms with Crippen molar-refractivity contribution in [2.45, 2.75) is 31.7 Å². The average Bonchev–Trinajstić information content (AvgIpc) is 3.03. The summed E-state index contributed by atoms with van der Waals surface area (Å²) in [5.41, 5.74) is 1.05. The Kier molecular flexibility index (Phi) is 7.53. The van der Waals surface area contributed by atoms with Crippen LogP contribution in [0.15, 0.2) is 54.1 Å². The number of amides is 1. The zero-order valence-corrected chi connectivity index (χ0v) is 18.3. The predicted molar refractivity (Wildman–Crippen MR) is 120 cm³/mol. The highest BCUT2D eigenvalue weighted by Gasteiger charge is 2.45. The number of carboxylic acids is 1. The SMILES string of the molecule is COc1ccc(C2/C(=C(\O)c3ccc(Cl)cc3)C(=O)C(=O)N2CCCCCC(=O)O)cc1. The number of methoxy groups -OCH3 is 1. The molecule has 1 saturated heterocycles. The number of hydrogen-bond donors (Lipinski definition) is 2. The van der Waals surface area contributed by atoms with Gasteiger partial charge in [0.05, 0.1) is 18.7 Å². The molecule has 1 fully saturated rings. The average molecular weight is 458 g/mol. The fourth-order valence-electron chi connectivity index (χ4n) is 3.74. The highest BCUT2D eigenvalue weighted by atomic mass is 35.5.